The lowest BCUT2D eigenvalue weighted by atomic mass is 10.4. The Balaban J connectivity index is 2.35. The van der Waals surface area contributed by atoms with Gasteiger partial charge in [0.2, 0.25) is 0 Å². The van der Waals surface area contributed by atoms with Crippen LogP contribution in [-0.4, -0.2) is 39.8 Å². The van der Waals surface area contributed by atoms with E-state index in [4.69, 9.17) is 23.2 Å². The fourth-order valence-electron chi connectivity index (χ4n) is 1.59. The number of halogens is 2. The number of amidine groups is 1. The summed E-state index contributed by atoms with van der Waals surface area (Å²) >= 11 is 11.9. The van der Waals surface area contributed by atoms with Gasteiger partial charge < -0.3 is 5.32 Å². The molecule has 1 aliphatic heterocycles. The van der Waals surface area contributed by atoms with Crippen LogP contribution < -0.4 is 5.32 Å². The van der Waals surface area contributed by atoms with Crippen molar-refractivity contribution in [3.05, 3.63) is 16.1 Å². The molecule has 2 rings (SSSR count). The number of hydrogen-bond acceptors (Lipinski definition) is 4. The lowest BCUT2D eigenvalue weighted by Gasteiger charge is -2.13. The van der Waals surface area contributed by atoms with E-state index in [1.165, 1.54) is 4.90 Å². The van der Waals surface area contributed by atoms with E-state index in [9.17, 15) is 4.79 Å². The van der Waals surface area contributed by atoms with Gasteiger partial charge in [-0.2, -0.15) is 0 Å². The van der Waals surface area contributed by atoms with Crippen LogP contribution in [0.15, 0.2) is 4.99 Å². The molecule has 8 heteroatoms. The Morgan fingerprint density at radius 1 is 1.39 bits per heavy atom. The zero-order valence-corrected chi connectivity index (χ0v) is 11.4. The Bertz CT molecular complexity index is 508. The maximum absolute atomic E-state index is 11.5. The van der Waals surface area contributed by atoms with Crippen molar-refractivity contribution in [3.8, 4) is 0 Å². The third kappa shape index (κ3) is 2.54. The van der Waals surface area contributed by atoms with Crippen molar-refractivity contribution in [2.24, 2.45) is 4.99 Å². The lowest BCUT2D eigenvalue weighted by Crippen LogP contribution is -2.32. The van der Waals surface area contributed by atoms with Crippen molar-refractivity contribution >= 4 is 40.8 Å². The molecule has 2 heterocycles. The van der Waals surface area contributed by atoms with Crippen LogP contribution in [0.4, 0.5) is 10.5 Å². The van der Waals surface area contributed by atoms with E-state index in [0.717, 1.165) is 0 Å². The van der Waals surface area contributed by atoms with Gasteiger partial charge in [-0.1, -0.05) is 23.2 Å². The number of urea groups is 1. The number of rotatable bonds is 1. The summed E-state index contributed by atoms with van der Waals surface area (Å²) in [5.74, 6) is 0.974. The highest BCUT2D eigenvalue weighted by Gasteiger charge is 2.22. The van der Waals surface area contributed by atoms with Crippen molar-refractivity contribution in [2.45, 2.75) is 13.8 Å². The summed E-state index contributed by atoms with van der Waals surface area (Å²) in [5.41, 5.74) is 0.279. The number of nitrogens with one attached hydrogen (secondary N) is 1. The van der Waals surface area contributed by atoms with Crippen molar-refractivity contribution in [1.29, 1.82) is 0 Å². The van der Waals surface area contributed by atoms with Crippen LogP contribution >= 0.6 is 23.2 Å². The molecule has 0 aliphatic carbocycles. The van der Waals surface area contributed by atoms with E-state index in [1.54, 1.807) is 13.8 Å². The summed E-state index contributed by atoms with van der Waals surface area (Å²) in [5, 5.41) is 3.03. The second-order valence-corrected chi connectivity index (χ2v) is 4.46. The van der Waals surface area contributed by atoms with Crippen molar-refractivity contribution in [2.75, 3.05) is 13.1 Å². The Labute approximate surface area is 114 Å². The standard InChI is InChI=1S/C10H11Cl2N5O/c1-5-14-8(11)7(9(12)15-5)16-6(2)17-4-3-13-10(17)18/h3-4H2,1-2H3,(H,13,18). The molecule has 2 amide bonds. The van der Waals surface area contributed by atoms with Crippen LogP contribution in [0.3, 0.4) is 0 Å². The molecule has 0 atom stereocenters. The van der Waals surface area contributed by atoms with Crippen molar-refractivity contribution in [1.82, 2.24) is 20.2 Å². The highest BCUT2D eigenvalue weighted by molar-refractivity contribution is 6.37. The molecule has 1 saturated heterocycles. The minimum absolute atomic E-state index is 0.173. The Hall–Kier alpha value is -1.40. The average Bonchev–Trinajstić information content (AvgIpc) is 2.69. The molecule has 1 aliphatic rings. The van der Waals surface area contributed by atoms with Gasteiger partial charge in [0.15, 0.2) is 10.3 Å². The van der Waals surface area contributed by atoms with Gasteiger partial charge in [-0.25, -0.2) is 19.8 Å². The fraction of sp³-hybridized carbons (Fsp3) is 0.400. The van der Waals surface area contributed by atoms with Gasteiger partial charge >= 0.3 is 6.03 Å². The Morgan fingerprint density at radius 3 is 2.50 bits per heavy atom. The number of nitrogens with zero attached hydrogens (tertiary/aromatic N) is 4. The van der Waals surface area contributed by atoms with E-state index in [-0.39, 0.29) is 22.0 Å². The zero-order chi connectivity index (χ0) is 13.3. The molecular weight excluding hydrogens is 277 g/mol. The third-order valence-corrected chi connectivity index (χ3v) is 2.96. The normalized spacial score (nSPS) is 16.1. The first kappa shape index (κ1) is 13.0. The van der Waals surface area contributed by atoms with Gasteiger partial charge in [-0.15, -0.1) is 0 Å². The lowest BCUT2D eigenvalue weighted by molar-refractivity contribution is 0.234. The van der Waals surface area contributed by atoms with Gasteiger partial charge in [-0.05, 0) is 13.8 Å². The second-order valence-electron chi connectivity index (χ2n) is 3.74. The predicted octanol–water partition coefficient (Wildman–Crippen LogP) is 2.17. The molecule has 0 saturated carbocycles. The van der Waals surface area contributed by atoms with Crippen molar-refractivity contribution < 1.29 is 4.79 Å². The number of amides is 2. The summed E-state index contributed by atoms with van der Waals surface area (Å²) in [6.45, 7) is 4.55. The summed E-state index contributed by atoms with van der Waals surface area (Å²) in [4.78, 5) is 25.2. The quantitative estimate of drug-likeness (QED) is 0.489. The van der Waals surface area contributed by atoms with Gasteiger partial charge in [0.1, 0.15) is 17.3 Å². The number of carbonyl (C=O) groups is 1. The number of aromatic nitrogens is 2. The number of aryl methyl sites for hydroxylation is 1. The first-order chi connectivity index (χ1) is 8.49. The fourth-order valence-corrected chi connectivity index (χ4v) is 2.15. The average molecular weight is 288 g/mol. The van der Waals surface area contributed by atoms with E-state index >= 15 is 0 Å². The molecule has 18 heavy (non-hydrogen) atoms. The highest BCUT2D eigenvalue weighted by Crippen LogP contribution is 2.30. The summed E-state index contributed by atoms with van der Waals surface area (Å²) in [6, 6.07) is -0.184. The van der Waals surface area contributed by atoms with Crippen LogP contribution in [0.25, 0.3) is 0 Å². The molecule has 96 valence electrons. The third-order valence-electron chi connectivity index (χ3n) is 2.43. The second kappa shape index (κ2) is 5.07. The van der Waals surface area contributed by atoms with Gasteiger partial charge in [0, 0.05) is 13.1 Å². The van der Waals surface area contributed by atoms with E-state index in [2.05, 4.69) is 20.3 Å². The number of aliphatic imine (C=N–C) groups is 1. The zero-order valence-electron chi connectivity index (χ0n) is 9.87. The smallest absolute Gasteiger partial charge is 0.322 e. The van der Waals surface area contributed by atoms with E-state index in [1.807, 2.05) is 0 Å². The molecule has 1 fully saturated rings. The molecule has 0 unspecified atom stereocenters. The summed E-state index contributed by atoms with van der Waals surface area (Å²) in [6.07, 6.45) is 0. The van der Waals surface area contributed by atoms with Gasteiger partial charge in [0.25, 0.3) is 0 Å². The topological polar surface area (TPSA) is 70.5 Å². The SMILES string of the molecule is CC(=Nc1c(Cl)nc(C)nc1Cl)N1CCNC1=O. The Kier molecular flexibility index (Phi) is 3.68. The van der Waals surface area contributed by atoms with Crippen LogP contribution in [0.1, 0.15) is 12.7 Å². The largest absolute Gasteiger partial charge is 0.336 e. The van der Waals surface area contributed by atoms with Gasteiger partial charge in [-0.3, -0.25) is 4.90 Å². The molecule has 1 aromatic rings. The molecule has 1 aromatic heterocycles. The van der Waals surface area contributed by atoms with E-state index < -0.39 is 0 Å². The predicted molar refractivity (Wildman–Crippen MR) is 69.7 cm³/mol. The van der Waals surface area contributed by atoms with Crippen molar-refractivity contribution in [3.63, 3.8) is 0 Å². The van der Waals surface area contributed by atoms with Crippen LogP contribution in [0.2, 0.25) is 10.3 Å². The maximum atomic E-state index is 11.5. The first-order valence-electron chi connectivity index (χ1n) is 5.29. The molecule has 0 aromatic carbocycles. The first-order valence-corrected chi connectivity index (χ1v) is 6.05. The maximum Gasteiger partial charge on any atom is 0.322 e. The molecule has 0 bridgehead atoms. The monoisotopic (exact) mass is 287 g/mol. The summed E-state index contributed by atoms with van der Waals surface area (Å²) < 4.78 is 0. The number of hydrogen-bond donors (Lipinski definition) is 1. The molecule has 0 radical (unpaired) electrons. The summed E-state index contributed by atoms with van der Waals surface area (Å²) in [7, 11) is 0. The minimum Gasteiger partial charge on any atom is -0.336 e. The van der Waals surface area contributed by atoms with Crippen LogP contribution in [0, 0.1) is 6.92 Å². The Morgan fingerprint density at radius 2 is 2.00 bits per heavy atom. The van der Waals surface area contributed by atoms with Gasteiger partial charge in [0.05, 0.1) is 0 Å². The highest BCUT2D eigenvalue weighted by atomic mass is 35.5. The van der Waals surface area contributed by atoms with Crippen LogP contribution in [0.5, 0.6) is 0 Å². The number of carbonyl (C=O) groups excluding carboxylic acids is 1. The molecule has 0 spiro atoms. The molecular formula is C10H11Cl2N5O. The minimum atomic E-state index is -0.184. The van der Waals surface area contributed by atoms with E-state index in [0.29, 0.717) is 24.7 Å². The molecule has 1 N–H and O–H groups in total. The molecule has 6 nitrogen and oxygen atoms in total. The van der Waals surface area contributed by atoms with Crippen LogP contribution in [-0.2, 0) is 0 Å².